The maximum absolute atomic E-state index is 12.4. The number of fused-ring (bicyclic) bond motifs is 1. The molecule has 1 aliphatic heterocycles. The summed E-state index contributed by atoms with van der Waals surface area (Å²) in [6, 6.07) is 5.11. The highest BCUT2D eigenvalue weighted by Crippen LogP contribution is 2.17. The van der Waals surface area contributed by atoms with Gasteiger partial charge in [-0.05, 0) is 18.2 Å². The molecule has 0 bridgehead atoms. The van der Waals surface area contributed by atoms with E-state index in [1.54, 1.807) is 18.2 Å². The summed E-state index contributed by atoms with van der Waals surface area (Å²) >= 11 is 1.47. The number of nitrogens with zero attached hydrogens (tertiary/aromatic N) is 1. The topological polar surface area (TPSA) is 178 Å². The predicted octanol–water partition coefficient (Wildman–Crippen LogP) is -0.683. The average molecular weight is 394 g/mol. The zero-order valence-electron chi connectivity index (χ0n) is 13.2. The van der Waals surface area contributed by atoms with E-state index < -0.39 is 5.91 Å². The van der Waals surface area contributed by atoms with E-state index in [2.05, 4.69) is 15.3 Å². The van der Waals surface area contributed by atoms with Crippen LogP contribution in [0.5, 0.6) is 5.75 Å². The molecule has 2 heterocycles. The molecule has 8 N–H and O–H groups in total. The lowest BCUT2D eigenvalue weighted by Crippen LogP contribution is -2.31. The summed E-state index contributed by atoms with van der Waals surface area (Å²) in [5, 5.41) is 3.63. The number of halogens is 1. The Hall–Kier alpha value is -2.11. The number of aromatic nitrogens is 1. The van der Waals surface area contributed by atoms with Crippen molar-refractivity contribution in [1.82, 2.24) is 10.3 Å². The molecule has 1 amide bonds. The summed E-state index contributed by atoms with van der Waals surface area (Å²) < 4.78 is 5.11. The van der Waals surface area contributed by atoms with Crippen LogP contribution in [0, 0.1) is 0 Å². The normalized spacial score (nSPS) is 11.8. The molecule has 0 saturated carbocycles. The number of methoxy groups -OCH3 is 1. The van der Waals surface area contributed by atoms with E-state index in [1.165, 1.54) is 25.1 Å². The number of carbonyl (C=O) groups is 1. The Kier molecular flexibility index (Phi) is 10.7. The quantitative estimate of drug-likeness (QED) is 0.686. The SMILES string of the molecule is COc1ccc2[nH]cc(C(=O)NC3=NCCS3)c(=O)c2c1.Cl.O.O.O. The van der Waals surface area contributed by atoms with Crippen molar-refractivity contribution in [3.05, 3.63) is 40.2 Å². The van der Waals surface area contributed by atoms with Gasteiger partial charge in [-0.2, -0.15) is 0 Å². The van der Waals surface area contributed by atoms with Crippen LogP contribution in [0.4, 0.5) is 0 Å². The fourth-order valence-corrected chi connectivity index (χ4v) is 2.79. The van der Waals surface area contributed by atoms with Gasteiger partial charge >= 0.3 is 0 Å². The highest BCUT2D eigenvalue weighted by molar-refractivity contribution is 8.14. The van der Waals surface area contributed by atoms with E-state index in [1.807, 2.05) is 0 Å². The van der Waals surface area contributed by atoms with Crippen LogP contribution < -0.4 is 15.5 Å². The van der Waals surface area contributed by atoms with Gasteiger partial charge in [0.1, 0.15) is 11.3 Å². The van der Waals surface area contributed by atoms with Crippen LogP contribution in [0.1, 0.15) is 10.4 Å². The highest BCUT2D eigenvalue weighted by atomic mass is 35.5. The van der Waals surface area contributed by atoms with Crippen molar-refractivity contribution >= 4 is 46.1 Å². The van der Waals surface area contributed by atoms with Crippen molar-refractivity contribution in [3.8, 4) is 5.75 Å². The van der Waals surface area contributed by atoms with E-state index in [0.717, 1.165) is 5.75 Å². The second-order valence-electron chi connectivity index (χ2n) is 4.43. The van der Waals surface area contributed by atoms with E-state index in [0.29, 0.717) is 28.4 Å². The number of thioether (sulfide) groups is 1. The van der Waals surface area contributed by atoms with E-state index in [4.69, 9.17) is 4.74 Å². The fourth-order valence-electron chi connectivity index (χ4n) is 2.07. The number of hydrogen-bond donors (Lipinski definition) is 2. The smallest absolute Gasteiger partial charge is 0.262 e. The molecule has 0 spiro atoms. The maximum atomic E-state index is 12.4. The Balaban J connectivity index is 0. The summed E-state index contributed by atoms with van der Waals surface area (Å²) in [4.78, 5) is 31.7. The van der Waals surface area contributed by atoms with Crippen LogP contribution in [0.2, 0.25) is 0 Å². The number of aliphatic imine (C=N–C) groups is 1. The molecule has 2 aromatic rings. The largest absolute Gasteiger partial charge is 0.497 e. The number of amidine groups is 1. The second-order valence-corrected chi connectivity index (χ2v) is 5.52. The molecule has 9 nitrogen and oxygen atoms in total. The van der Waals surface area contributed by atoms with Crippen molar-refractivity contribution < 1.29 is 26.0 Å². The first-order valence-electron chi connectivity index (χ1n) is 6.37. The lowest BCUT2D eigenvalue weighted by Gasteiger charge is -2.06. The number of H-pyrrole nitrogens is 1. The minimum absolute atomic E-state index is 0. The lowest BCUT2D eigenvalue weighted by molar-refractivity contribution is 0.0977. The predicted molar refractivity (Wildman–Crippen MR) is 101 cm³/mol. The number of benzene rings is 1. The Morgan fingerprint density at radius 2 is 2.04 bits per heavy atom. The van der Waals surface area contributed by atoms with Crippen molar-refractivity contribution in [2.24, 2.45) is 4.99 Å². The standard InChI is InChI=1S/C14H13N3O3S.ClH.3H2O/c1-20-8-2-3-11-9(6-8)12(18)10(7-16-11)13(19)17-14-15-4-5-21-14;;;;/h2-3,6-7H,4-5H2,1H3,(H,16,18)(H,15,17,19);1H;3*1H2. The van der Waals surface area contributed by atoms with Gasteiger partial charge in [0, 0.05) is 22.9 Å². The number of hydrogen-bond acceptors (Lipinski definition) is 5. The minimum atomic E-state index is -0.450. The molecule has 0 radical (unpaired) electrons. The van der Waals surface area contributed by atoms with Crippen LogP contribution in [-0.2, 0) is 0 Å². The first-order valence-corrected chi connectivity index (χ1v) is 7.35. The highest BCUT2D eigenvalue weighted by Gasteiger charge is 2.17. The Morgan fingerprint density at radius 3 is 2.64 bits per heavy atom. The van der Waals surface area contributed by atoms with Gasteiger partial charge in [0.05, 0.1) is 13.7 Å². The van der Waals surface area contributed by atoms with Crippen LogP contribution in [-0.4, -0.2) is 51.9 Å². The van der Waals surface area contributed by atoms with Gasteiger partial charge in [-0.1, -0.05) is 11.8 Å². The van der Waals surface area contributed by atoms with E-state index in [-0.39, 0.29) is 39.8 Å². The first kappa shape index (κ1) is 25.1. The molecule has 3 rings (SSSR count). The number of amides is 1. The third kappa shape index (κ3) is 5.18. The molecular formula is C14H20ClN3O6S. The molecule has 0 unspecified atom stereocenters. The van der Waals surface area contributed by atoms with Crippen molar-refractivity contribution in [1.29, 1.82) is 0 Å². The van der Waals surface area contributed by atoms with Gasteiger partial charge in [0.2, 0.25) is 5.43 Å². The van der Waals surface area contributed by atoms with Crippen LogP contribution in [0.3, 0.4) is 0 Å². The zero-order chi connectivity index (χ0) is 14.8. The lowest BCUT2D eigenvalue weighted by atomic mass is 10.1. The molecule has 0 aliphatic carbocycles. The molecule has 1 aromatic carbocycles. The second kappa shape index (κ2) is 10.7. The molecule has 0 atom stereocenters. The number of pyridine rings is 1. The van der Waals surface area contributed by atoms with Crippen LogP contribution in [0.15, 0.2) is 34.2 Å². The zero-order valence-corrected chi connectivity index (χ0v) is 14.8. The Bertz CT molecular complexity index is 811. The molecule has 140 valence electrons. The Labute approximate surface area is 153 Å². The number of rotatable bonds is 2. The number of ether oxygens (including phenoxy) is 1. The fraction of sp³-hybridized carbons (Fsp3) is 0.214. The average Bonchev–Trinajstić information content (AvgIpc) is 3.00. The number of nitrogens with one attached hydrogen (secondary N) is 2. The van der Waals surface area contributed by atoms with Crippen LogP contribution >= 0.6 is 24.2 Å². The van der Waals surface area contributed by atoms with Gasteiger partial charge in [-0.25, -0.2) is 0 Å². The van der Waals surface area contributed by atoms with Gasteiger partial charge in [-0.15, -0.1) is 12.4 Å². The Morgan fingerprint density at radius 1 is 1.32 bits per heavy atom. The summed E-state index contributed by atoms with van der Waals surface area (Å²) in [5.74, 6) is 0.969. The molecule has 1 aliphatic rings. The molecule has 0 saturated heterocycles. The molecular weight excluding hydrogens is 374 g/mol. The molecule has 1 aromatic heterocycles. The third-order valence-electron chi connectivity index (χ3n) is 3.14. The molecule has 11 heteroatoms. The molecule has 25 heavy (non-hydrogen) atoms. The van der Waals surface area contributed by atoms with Crippen molar-refractivity contribution in [2.75, 3.05) is 19.4 Å². The third-order valence-corrected chi connectivity index (χ3v) is 4.03. The summed E-state index contributed by atoms with van der Waals surface area (Å²) in [7, 11) is 1.53. The van der Waals surface area contributed by atoms with Gasteiger partial charge in [0.15, 0.2) is 5.17 Å². The first-order chi connectivity index (χ1) is 10.2. The van der Waals surface area contributed by atoms with Crippen molar-refractivity contribution in [3.63, 3.8) is 0 Å². The summed E-state index contributed by atoms with van der Waals surface area (Å²) in [6.07, 6.45) is 1.42. The van der Waals surface area contributed by atoms with E-state index >= 15 is 0 Å². The number of aromatic amines is 1. The summed E-state index contributed by atoms with van der Waals surface area (Å²) in [6.45, 7) is 0.686. The minimum Gasteiger partial charge on any atom is -0.497 e. The van der Waals surface area contributed by atoms with Crippen LogP contribution in [0.25, 0.3) is 10.9 Å². The molecule has 0 fully saturated rings. The van der Waals surface area contributed by atoms with Gasteiger partial charge < -0.3 is 31.5 Å². The monoisotopic (exact) mass is 393 g/mol. The number of carbonyl (C=O) groups excluding carboxylic acids is 1. The maximum Gasteiger partial charge on any atom is 0.262 e. The van der Waals surface area contributed by atoms with Gasteiger partial charge in [0.25, 0.3) is 5.91 Å². The van der Waals surface area contributed by atoms with Crippen molar-refractivity contribution in [2.45, 2.75) is 0 Å². The summed E-state index contributed by atoms with van der Waals surface area (Å²) in [5.41, 5.74) is 0.389. The van der Waals surface area contributed by atoms with E-state index in [9.17, 15) is 9.59 Å². The van der Waals surface area contributed by atoms with Gasteiger partial charge in [-0.3, -0.25) is 14.6 Å².